The van der Waals surface area contributed by atoms with Crippen molar-refractivity contribution in [3.8, 4) is 0 Å². The Bertz CT molecular complexity index is 769. The summed E-state index contributed by atoms with van der Waals surface area (Å²) in [5, 5.41) is 23.1. The number of aliphatic hydroxyl groups excluding tert-OH is 2. The molecule has 0 radical (unpaired) electrons. The minimum Gasteiger partial charge on any atom is -0.394 e. The maximum absolute atomic E-state index is 12.4. The van der Waals surface area contributed by atoms with Crippen LogP contribution in [0.25, 0.3) is 0 Å². The Balaban J connectivity index is 3.47. The first-order valence-electron chi connectivity index (χ1n) is 25.9. The molecule has 3 N–H and O–H groups in total. The smallest absolute Gasteiger partial charge is 0.220 e. The largest absolute Gasteiger partial charge is 0.394 e. The summed E-state index contributed by atoms with van der Waals surface area (Å²) in [5.74, 6) is -0.0574. The number of nitrogens with one attached hydrogen (secondary N) is 1. The van der Waals surface area contributed by atoms with Crippen molar-refractivity contribution in [2.45, 2.75) is 309 Å². The molecule has 0 aliphatic heterocycles. The van der Waals surface area contributed by atoms with Gasteiger partial charge in [-0.25, -0.2) is 0 Å². The van der Waals surface area contributed by atoms with E-state index in [2.05, 4.69) is 19.2 Å². The second-order valence-corrected chi connectivity index (χ2v) is 18.0. The van der Waals surface area contributed by atoms with E-state index in [-0.39, 0.29) is 12.5 Å². The van der Waals surface area contributed by atoms with E-state index in [1.807, 2.05) is 6.08 Å². The number of rotatable bonds is 48. The van der Waals surface area contributed by atoms with Gasteiger partial charge in [0.1, 0.15) is 0 Å². The Kier molecular flexibility index (Phi) is 47.7. The molecule has 334 valence electrons. The van der Waals surface area contributed by atoms with Crippen molar-refractivity contribution in [2.24, 2.45) is 0 Å². The van der Waals surface area contributed by atoms with E-state index in [1.165, 1.54) is 250 Å². The molecule has 0 aromatic heterocycles. The molecule has 2 atom stereocenters. The summed E-state index contributed by atoms with van der Waals surface area (Å²) in [6, 6.07) is -0.617. The lowest BCUT2D eigenvalue weighted by molar-refractivity contribution is -0.123. The van der Waals surface area contributed by atoms with E-state index < -0.39 is 12.1 Å². The fraction of sp³-hybridized carbons (Fsp3) is 0.942. The molecule has 0 bridgehead atoms. The second kappa shape index (κ2) is 48.5. The van der Waals surface area contributed by atoms with E-state index in [1.54, 1.807) is 6.08 Å². The van der Waals surface area contributed by atoms with Crippen LogP contribution in [0.1, 0.15) is 296 Å². The summed E-state index contributed by atoms with van der Waals surface area (Å²) in [6.45, 7) is 4.35. The second-order valence-electron chi connectivity index (χ2n) is 18.0. The van der Waals surface area contributed by atoms with Crippen LogP contribution in [0.2, 0.25) is 0 Å². The summed E-state index contributed by atoms with van der Waals surface area (Å²) in [4.78, 5) is 12.4. The third-order valence-electron chi connectivity index (χ3n) is 12.3. The Morgan fingerprint density at radius 3 is 0.929 bits per heavy atom. The number of carbonyl (C=O) groups excluding carboxylic acids is 1. The molecule has 0 saturated heterocycles. The molecule has 0 aromatic rings. The molecule has 4 heteroatoms. The van der Waals surface area contributed by atoms with Gasteiger partial charge < -0.3 is 15.5 Å². The van der Waals surface area contributed by atoms with Crippen molar-refractivity contribution in [1.29, 1.82) is 0 Å². The molecule has 0 fully saturated rings. The van der Waals surface area contributed by atoms with Gasteiger partial charge in [-0.15, -0.1) is 0 Å². The minimum atomic E-state index is -0.835. The normalized spacial score (nSPS) is 12.9. The molecular formula is C52H103NO3. The first kappa shape index (κ1) is 55.1. The van der Waals surface area contributed by atoms with Crippen LogP contribution in [-0.4, -0.2) is 34.9 Å². The summed E-state index contributed by atoms with van der Waals surface area (Å²) >= 11 is 0. The third-order valence-corrected chi connectivity index (χ3v) is 12.3. The minimum absolute atomic E-state index is 0.0574. The van der Waals surface area contributed by atoms with Crippen LogP contribution >= 0.6 is 0 Å². The van der Waals surface area contributed by atoms with E-state index in [0.717, 1.165) is 25.7 Å². The average Bonchev–Trinajstić information content (AvgIpc) is 3.20. The zero-order valence-electron chi connectivity index (χ0n) is 38.4. The van der Waals surface area contributed by atoms with E-state index >= 15 is 0 Å². The molecule has 1 amide bonds. The zero-order chi connectivity index (χ0) is 40.7. The number of unbranched alkanes of at least 4 members (excludes halogenated alkanes) is 41. The van der Waals surface area contributed by atoms with Crippen LogP contribution in [0.4, 0.5) is 0 Å². The summed E-state index contributed by atoms with van der Waals surface area (Å²) in [7, 11) is 0. The monoisotopic (exact) mass is 790 g/mol. The Labute approximate surface area is 352 Å². The standard InChI is InChI=1S/C52H103NO3/c1-3-5-7-9-11-13-15-17-19-21-23-24-25-26-27-28-29-30-31-33-35-37-39-41-43-45-47-51(55)50(49-54)53-52(56)48-46-44-42-40-38-36-34-32-22-20-18-16-14-12-10-8-6-4-2/h45,47,50-51,54-55H,3-44,46,48-49H2,1-2H3,(H,53,56)/b47-45+. The highest BCUT2D eigenvalue weighted by atomic mass is 16.3. The fourth-order valence-electron chi connectivity index (χ4n) is 8.30. The maximum Gasteiger partial charge on any atom is 0.220 e. The number of aliphatic hydroxyl groups is 2. The molecule has 0 rings (SSSR count). The molecule has 0 aliphatic rings. The highest BCUT2D eigenvalue weighted by Gasteiger charge is 2.18. The first-order valence-corrected chi connectivity index (χ1v) is 25.9. The molecule has 0 aliphatic carbocycles. The van der Waals surface area contributed by atoms with Crippen molar-refractivity contribution < 1.29 is 15.0 Å². The van der Waals surface area contributed by atoms with Crippen molar-refractivity contribution in [1.82, 2.24) is 5.32 Å². The predicted molar refractivity (Wildman–Crippen MR) is 249 cm³/mol. The Morgan fingerprint density at radius 2 is 0.661 bits per heavy atom. The van der Waals surface area contributed by atoms with Gasteiger partial charge in [0.25, 0.3) is 0 Å². The van der Waals surface area contributed by atoms with Crippen molar-refractivity contribution in [3.05, 3.63) is 12.2 Å². The van der Waals surface area contributed by atoms with Gasteiger partial charge in [-0.05, 0) is 19.3 Å². The molecule has 0 saturated carbocycles. The Morgan fingerprint density at radius 1 is 0.411 bits per heavy atom. The molecular weight excluding hydrogens is 687 g/mol. The van der Waals surface area contributed by atoms with Crippen LogP contribution in [-0.2, 0) is 4.79 Å². The van der Waals surface area contributed by atoms with Crippen molar-refractivity contribution in [2.75, 3.05) is 6.61 Å². The topological polar surface area (TPSA) is 69.6 Å². The number of amides is 1. The maximum atomic E-state index is 12.4. The molecule has 56 heavy (non-hydrogen) atoms. The van der Waals surface area contributed by atoms with Gasteiger partial charge >= 0.3 is 0 Å². The summed E-state index contributed by atoms with van der Waals surface area (Å²) in [5.41, 5.74) is 0. The average molecular weight is 790 g/mol. The van der Waals surface area contributed by atoms with E-state index in [4.69, 9.17) is 0 Å². The molecule has 0 aromatic carbocycles. The lowest BCUT2D eigenvalue weighted by atomic mass is 10.0. The van der Waals surface area contributed by atoms with Gasteiger partial charge in [0.15, 0.2) is 0 Å². The number of hydrogen-bond acceptors (Lipinski definition) is 3. The van der Waals surface area contributed by atoms with Gasteiger partial charge in [0.2, 0.25) is 5.91 Å². The lowest BCUT2D eigenvalue weighted by Gasteiger charge is -2.20. The molecule has 0 spiro atoms. The summed E-state index contributed by atoms with van der Waals surface area (Å²) < 4.78 is 0. The van der Waals surface area contributed by atoms with E-state index in [0.29, 0.717) is 6.42 Å². The van der Waals surface area contributed by atoms with Crippen LogP contribution < -0.4 is 5.32 Å². The first-order chi connectivity index (χ1) is 27.7. The van der Waals surface area contributed by atoms with Crippen molar-refractivity contribution in [3.63, 3.8) is 0 Å². The number of carbonyl (C=O) groups is 1. The third kappa shape index (κ3) is 44.2. The van der Waals surface area contributed by atoms with Gasteiger partial charge in [-0.1, -0.05) is 283 Å². The van der Waals surface area contributed by atoms with Crippen molar-refractivity contribution >= 4 is 5.91 Å². The quantitative estimate of drug-likeness (QED) is 0.0425. The lowest BCUT2D eigenvalue weighted by Crippen LogP contribution is -2.45. The molecule has 4 nitrogen and oxygen atoms in total. The number of allylic oxidation sites excluding steroid dienone is 1. The van der Waals surface area contributed by atoms with Crippen LogP contribution in [0, 0.1) is 0 Å². The molecule has 2 unspecified atom stereocenters. The van der Waals surface area contributed by atoms with Gasteiger partial charge in [0.05, 0.1) is 18.8 Å². The summed E-state index contributed by atoms with van der Waals surface area (Å²) in [6.07, 6.45) is 62.1. The Hall–Kier alpha value is -0.870. The number of hydrogen-bond donors (Lipinski definition) is 3. The predicted octanol–water partition coefficient (Wildman–Crippen LogP) is 16.6. The highest BCUT2D eigenvalue weighted by molar-refractivity contribution is 5.76. The van der Waals surface area contributed by atoms with Crippen LogP contribution in [0.3, 0.4) is 0 Å². The zero-order valence-corrected chi connectivity index (χ0v) is 38.4. The highest BCUT2D eigenvalue weighted by Crippen LogP contribution is 2.17. The van der Waals surface area contributed by atoms with Gasteiger partial charge in [-0.3, -0.25) is 4.79 Å². The fourth-order valence-corrected chi connectivity index (χ4v) is 8.30. The van der Waals surface area contributed by atoms with Gasteiger partial charge in [-0.2, -0.15) is 0 Å². The van der Waals surface area contributed by atoms with Crippen LogP contribution in [0.15, 0.2) is 12.2 Å². The van der Waals surface area contributed by atoms with E-state index in [9.17, 15) is 15.0 Å². The van der Waals surface area contributed by atoms with Crippen LogP contribution in [0.5, 0.6) is 0 Å². The SMILES string of the molecule is CCCCCCCCCCCCCCCCCCCCCCCCCC/C=C/C(O)C(CO)NC(=O)CCCCCCCCCCCCCCCCCCCC. The van der Waals surface area contributed by atoms with Gasteiger partial charge in [0, 0.05) is 6.42 Å². The molecule has 0 heterocycles.